The van der Waals surface area contributed by atoms with E-state index in [-0.39, 0.29) is 5.82 Å². The summed E-state index contributed by atoms with van der Waals surface area (Å²) in [6.45, 7) is 1.51. The maximum atomic E-state index is 13.4. The Morgan fingerprint density at radius 3 is 2.80 bits per heavy atom. The molecule has 0 amide bonds. The van der Waals surface area contributed by atoms with Gasteiger partial charge in [-0.25, -0.2) is 4.39 Å². The van der Waals surface area contributed by atoms with E-state index in [1.54, 1.807) is 6.07 Å². The van der Waals surface area contributed by atoms with E-state index in [9.17, 15) is 4.39 Å². The third-order valence-electron chi connectivity index (χ3n) is 2.66. The van der Waals surface area contributed by atoms with Gasteiger partial charge < -0.3 is 10.5 Å². The largest absolute Gasteiger partial charge is 0.376 e. The second-order valence-corrected chi connectivity index (χ2v) is 4.09. The lowest BCUT2D eigenvalue weighted by molar-refractivity contribution is 0.109. The second-order valence-electron chi connectivity index (χ2n) is 4.09. The molecule has 0 heterocycles. The zero-order valence-corrected chi connectivity index (χ0v) is 8.71. The molecule has 1 aromatic rings. The van der Waals surface area contributed by atoms with Gasteiger partial charge in [0.1, 0.15) is 5.82 Å². The molecule has 2 N–H and O–H groups in total. The molecule has 1 aliphatic carbocycles. The van der Waals surface area contributed by atoms with Crippen molar-refractivity contribution in [2.45, 2.75) is 26.0 Å². The monoisotopic (exact) mass is 209 g/mol. The lowest BCUT2D eigenvalue weighted by atomic mass is 10.1. The van der Waals surface area contributed by atoms with Crippen LogP contribution >= 0.6 is 0 Å². The van der Waals surface area contributed by atoms with Crippen molar-refractivity contribution in [3.8, 4) is 0 Å². The summed E-state index contributed by atoms with van der Waals surface area (Å²) in [6.07, 6.45) is 2.52. The minimum absolute atomic E-state index is 0.214. The summed E-state index contributed by atoms with van der Waals surface area (Å²) in [5, 5.41) is 0. The predicted octanol–water partition coefficient (Wildman–Crippen LogP) is 2.21. The first-order valence-corrected chi connectivity index (χ1v) is 5.34. The third-order valence-corrected chi connectivity index (χ3v) is 2.66. The number of ether oxygens (including phenoxy) is 1. The summed E-state index contributed by atoms with van der Waals surface area (Å²) in [5.41, 5.74) is 6.86. The van der Waals surface area contributed by atoms with Crippen LogP contribution in [0.2, 0.25) is 0 Å². The van der Waals surface area contributed by atoms with Crippen LogP contribution in [0.1, 0.15) is 24.0 Å². The number of benzene rings is 1. The minimum atomic E-state index is -0.214. The highest BCUT2D eigenvalue weighted by atomic mass is 19.1. The first kappa shape index (κ1) is 10.6. The highest BCUT2D eigenvalue weighted by molar-refractivity contribution is 5.23. The molecule has 0 radical (unpaired) electrons. The van der Waals surface area contributed by atoms with Gasteiger partial charge in [0.25, 0.3) is 0 Å². The van der Waals surface area contributed by atoms with E-state index in [0.29, 0.717) is 18.7 Å². The smallest absolute Gasteiger partial charge is 0.129 e. The molecule has 2 nitrogen and oxygen atoms in total. The average molecular weight is 209 g/mol. The van der Waals surface area contributed by atoms with Crippen molar-refractivity contribution in [1.29, 1.82) is 0 Å². The van der Waals surface area contributed by atoms with Gasteiger partial charge in [-0.05, 0) is 30.4 Å². The molecule has 0 atom stereocenters. The fraction of sp³-hybridized carbons (Fsp3) is 0.500. The lowest BCUT2D eigenvalue weighted by Crippen LogP contribution is -2.02. The molecule has 1 fully saturated rings. The fourth-order valence-electron chi connectivity index (χ4n) is 1.45. The standard InChI is InChI=1S/C12H16FNO/c13-12-5-10(6-14)3-4-11(12)8-15-7-9-1-2-9/h3-5,9H,1-2,6-8,14H2. The third kappa shape index (κ3) is 3.01. The maximum absolute atomic E-state index is 13.4. The summed E-state index contributed by atoms with van der Waals surface area (Å²) in [4.78, 5) is 0. The number of rotatable bonds is 5. The Morgan fingerprint density at radius 2 is 2.20 bits per heavy atom. The Hall–Kier alpha value is -0.930. The van der Waals surface area contributed by atoms with Crippen molar-refractivity contribution in [1.82, 2.24) is 0 Å². The van der Waals surface area contributed by atoms with Gasteiger partial charge in [0.2, 0.25) is 0 Å². The molecule has 3 heteroatoms. The molecule has 0 aromatic heterocycles. The number of nitrogens with two attached hydrogens (primary N) is 1. The summed E-state index contributed by atoms with van der Waals surface area (Å²) in [5.74, 6) is 0.505. The highest BCUT2D eigenvalue weighted by Gasteiger charge is 2.21. The van der Waals surface area contributed by atoms with Gasteiger partial charge in [-0.15, -0.1) is 0 Å². The Bertz CT molecular complexity index is 336. The quantitative estimate of drug-likeness (QED) is 0.807. The van der Waals surface area contributed by atoms with E-state index < -0.39 is 0 Å². The van der Waals surface area contributed by atoms with Gasteiger partial charge in [-0.3, -0.25) is 0 Å². The summed E-state index contributed by atoms with van der Waals surface area (Å²) < 4.78 is 18.9. The first-order chi connectivity index (χ1) is 7.29. The molecule has 1 aliphatic rings. The Labute approximate surface area is 89.2 Å². The van der Waals surface area contributed by atoms with Crippen LogP contribution in [0.3, 0.4) is 0 Å². The van der Waals surface area contributed by atoms with E-state index in [2.05, 4.69) is 0 Å². The molecule has 1 aromatic carbocycles. The van der Waals surface area contributed by atoms with Crippen molar-refractivity contribution in [2.75, 3.05) is 6.61 Å². The van der Waals surface area contributed by atoms with Crippen molar-refractivity contribution in [3.63, 3.8) is 0 Å². The van der Waals surface area contributed by atoms with Crippen LogP contribution in [-0.2, 0) is 17.9 Å². The van der Waals surface area contributed by atoms with Crippen molar-refractivity contribution in [2.24, 2.45) is 11.7 Å². The van der Waals surface area contributed by atoms with Gasteiger partial charge in [-0.2, -0.15) is 0 Å². The van der Waals surface area contributed by atoms with Crippen LogP contribution in [0.25, 0.3) is 0 Å². The zero-order valence-electron chi connectivity index (χ0n) is 8.71. The molecule has 0 bridgehead atoms. The molecule has 0 spiro atoms. The van der Waals surface area contributed by atoms with Crippen LogP contribution in [0.4, 0.5) is 4.39 Å². The Kier molecular flexibility index (Phi) is 3.34. The molecule has 15 heavy (non-hydrogen) atoms. The van der Waals surface area contributed by atoms with E-state index >= 15 is 0 Å². The van der Waals surface area contributed by atoms with Crippen LogP contribution in [0.5, 0.6) is 0 Å². The first-order valence-electron chi connectivity index (χ1n) is 5.34. The predicted molar refractivity (Wildman–Crippen MR) is 56.7 cm³/mol. The van der Waals surface area contributed by atoms with Gasteiger partial charge >= 0.3 is 0 Å². The molecule has 0 aliphatic heterocycles. The van der Waals surface area contributed by atoms with Crippen molar-refractivity contribution < 1.29 is 9.13 Å². The van der Waals surface area contributed by atoms with Crippen LogP contribution in [0.15, 0.2) is 18.2 Å². The molecular formula is C12H16FNO. The van der Waals surface area contributed by atoms with Crippen molar-refractivity contribution in [3.05, 3.63) is 35.1 Å². The second kappa shape index (κ2) is 4.73. The molecule has 0 saturated heterocycles. The van der Waals surface area contributed by atoms with Gasteiger partial charge in [-0.1, -0.05) is 12.1 Å². The molecule has 2 rings (SSSR count). The van der Waals surface area contributed by atoms with Crippen LogP contribution < -0.4 is 5.73 Å². The van der Waals surface area contributed by atoms with Gasteiger partial charge in [0.15, 0.2) is 0 Å². The van der Waals surface area contributed by atoms with Gasteiger partial charge in [0.05, 0.1) is 6.61 Å². The summed E-state index contributed by atoms with van der Waals surface area (Å²) >= 11 is 0. The number of hydrogen-bond donors (Lipinski definition) is 1. The van der Waals surface area contributed by atoms with E-state index in [1.807, 2.05) is 6.07 Å². The maximum Gasteiger partial charge on any atom is 0.129 e. The summed E-state index contributed by atoms with van der Waals surface area (Å²) in [7, 11) is 0. The normalized spacial score (nSPS) is 15.6. The number of hydrogen-bond acceptors (Lipinski definition) is 2. The molecule has 82 valence electrons. The van der Waals surface area contributed by atoms with E-state index in [0.717, 1.165) is 18.1 Å². The van der Waals surface area contributed by atoms with E-state index in [4.69, 9.17) is 10.5 Å². The molecule has 0 unspecified atom stereocenters. The Morgan fingerprint density at radius 1 is 1.40 bits per heavy atom. The average Bonchev–Trinajstić information content (AvgIpc) is 3.04. The zero-order chi connectivity index (χ0) is 10.7. The van der Waals surface area contributed by atoms with Crippen LogP contribution in [0, 0.1) is 11.7 Å². The SMILES string of the molecule is NCc1ccc(COCC2CC2)c(F)c1. The van der Waals surface area contributed by atoms with Gasteiger partial charge in [0, 0.05) is 18.7 Å². The highest BCUT2D eigenvalue weighted by Crippen LogP contribution is 2.29. The minimum Gasteiger partial charge on any atom is -0.376 e. The van der Waals surface area contributed by atoms with E-state index in [1.165, 1.54) is 18.9 Å². The Balaban J connectivity index is 1.88. The molecule has 1 saturated carbocycles. The van der Waals surface area contributed by atoms with Crippen LogP contribution in [-0.4, -0.2) is 6.61 Å². The topological polar surface area (TPSA) is 35.2 Å². The lowest BCUT2D eigenvalue weighted by Gasteiger charge is -2.06. The fourth-order valence-corrected chi connectivity index (χ4v) is 1.45. The van der Waals surface area contributed by atoms with Crippen molar-refractivity contribution >= 4 is 0 Å². The molecular weight excluding hydrogens is 193 g/mol. The number of halogens is 1. The summed E-state index contributed by atoms with van der Waals surface area (Å²) in [6, 6.07) is 5.08.